The molecular formula is C11H11N3O. The molecule has 2 aromatic rings. The number of nitrogens with two attached hydrogens (primary N) is 1. The lowest BCUT2D eigenvalue weighted by atomic mass is 10.1. The molecule has 2 amide bonds. The van der Waals surface area contributed by atoms with E-state index in [1.165, 1.54) is 0 Å². The summed E-state index contributed by atoms with van der Waals surface area (Å²) < 4.78 is 0. The van der Waals surface area contributed by atoms with Gasteiger partial charge < -0.3 is 5.32 Å². The van der Waals surface area contributed by atoms with Gasteiger partial charge in [-0.15, -0.1) is 0 Å². The number of anilines is 1. The summed E-state index contributed by atoms with van der Waals surface area (Å²) >= 11 is 0. The molecule has 0 atom stereocenters. The lowest BCUT2D eigenvalue weighted by Gasteiger charge is -2.05. The second kappa shape index (κ2) is 3.98. The number of benzene rings is 2. The normalized spacial score (nSPS) is 9.93. The smallest absolute Gasteiger partial charge is 0.307 e. The Morgan fingerprint density at radius 1 is 1.07 bits per heavy atom. The molecule has 0 radical (unpaired) electrons. The molecule has 4 nitrogen and oxygen atoms in total. The Balaban J connectivity index is 2.34. The minimum atomic E-state index is -0.426. The van der Waals surface area contributed by atoms with Gasteiger partial charge in [-0.2, -0.15) is 0 Å². The Morgan fingerprint density at radius 2 is 1.80 bits per heavy atom. The SMILES string of the molecule is NNC(=O)Nc1ccc2ccccc2c1. The summed E-state index contributed by atoms with van der Waals surface area (Å²) in [5.41, 5.74) is 2.73. The molecule has 0 aromatic heterocycles. The van der Waals surface area contributed by atoms with Crippen LogP contribution in [0.2, 0.25) is 0 Å². The lowest BCUT2D eigenvalue weighted by Crippen LogP contribution is -2.34. The third kappa shape index (κ3) is 2.05. The number of hydrogen-bond acceptors (Lipinski definition) is 2. The molecule has 0 saturated carbocycles. The molecule has 0 aliphatic heterocycles. The van der Waals surface area contributed by atoms with Crippen LogP contribution in [-0.4, -0.2) is 6.03 Å². The number of hydrazine groups is 1. The van der Waals surface area contributed by atoms with Crippen LogP contribution in [0.25, 0.3) is 10.8 Å². The van der Waals surface area contributed by atoms with Gasteiger partial charge in [-0.1, -0.05) is 30.3 Å². The molecule has 0 saturated heterocycles. The quantitative estimate of drug-likeness (QED) is 0.374. The maximum Gasteiger partial charge on any atom is 0.333 e. The zero-order valence-electron chi connectivity index (χ0n) is 8.03. The van der Waals surface area contributed by atoms with E-state index in [1.54, 1.807) is 0 Å². The summed E-state index contributed by atoms with van der Waals surface area (Å²) in [6.07, 6.45) is 0. The minimum absolute atomic E-state index is 0.426. The fourth-order valence-corrected chi connectivity index (χ4v) is 1.43. The van der Waals surface area contributed by atoms with Crippen molar-refractivity contribution >= 4 is 22.5 Å². The lowest BCUT2D eigenvalue weighted by molar-refractivity contribution is 0.252. The second-order valence-corrected chi connectivity index (χ2v) is 3.16. The summed E-state index contributed by atoms with van der Waals surface area (Å²) in [6.45, 7) is 0. The predicted molar refractivity (Wildman–Crippen MR) is 60.3 cm³/mol. The minimum Gasteiger partial charge on any atom is -0.307 e. The third-order valence-electron chi connectivity index (χ3n) is 2.14. The molecular weight excluding hydrogens is 190 g/mol. The van der Waals surface area contributed by atoms with E-state index in [-0.39, 0.29) is 0 Å². The molecule has 0 aliphatic rings. The zero-order valence-corrected chi connectivity index (χ0v) is 8.03. The van der Waals surface area contributed by atoms with Crippen LogP contribution in [0, 0.1) is 0 Å². The molecule has 4 heteroatoms. The highest BCUT2D eigenvalue weighted by Gasteiger charge is 1.99. The van der Waals surface area contributed by atoms with Crippen LogP contribution in [-0.2, 0) is 0 Å². The van der Waals surface area contributed by atoms with Crippen molar-refractivity contribution in [3.63, 3.8) is 0 Å². The van der Waals surface area contributed by atoms with Gasteiger partial charge in [0.2, 0.25) is 0 Å². The molecule has 0 unspecified atom stereocenters. The van der Waals surface area contributed by atoms with Crippen LogP contribution in [0.1, 0.15) is 0 Å². The Morgan fingerprint density at radius 3 is 2.53 bits per heavy atom. The largest absolute Gasteiger partial charge is 0.333 e. The zero-order chi connectivity index (χ0) is 10.7. The van der Waals surface area contributed by atoms with Gasteiger partial charge in [-0.05, 0) is 22.9 Å². The number of nitrogens with one attached hydrogen (secondary N) is 2. The van der Waals surface area contributed by atoms with E-state index in [0.29, 0.717) is 0 Å². The van der Waals surface area contributed by atoms with Gasteiger partial charge in [0.15, 0.2) is 0 Å². The Hall–Kier alpha value is -2.07. The molecule has 0 fully saturated rings. The van der Waals surface area contributed by atoms with Crippen molar-refractivity contribution < 1.29 is 4.79 Å². The van der Waals surface area contributed by atoms with E-state index >= 15 is 0 Å². The van der Waals surface area contributed by atoms with Crippen LogP contribution < -0.4 is 16.6 Å². The summed E-state index contributed by atoms with van der Waals surface area (Å²) in [4.78, 5) is 11.0. The van der Waals surface area contributed by atoms with Crippen LogP contribution in [0.4, 0.5) is 10.5 Å². The fourth-order valence-electron chi connectivity index (χ4n) is 1.43. The van der Waals surface area contributed by atoms with Crippen molar-refractivity contribution in [3.05, 3.63) is 42.5 Å². The summed E-state index contributed by atoms with van der Waals surface area (Å²) in [7, 11) is 0. The average molecular weight is 201 g/mol. The molecule has 0 aliphatic carbocycles. The summed E-state index contributed by atoms with van der Waals surface area (Å²) in [5.74, 6) is 4.97. The molecule has 76 valence electrons. The van der Waals surface area contributed by atoms with Crippen molar-refractivity contribution in [1.82, 2.24) is 5.43 Å². The molecule has 15 heavy (non-hydrogen) atoms. The first-order valence-corrected chi connectivity index (χ1v) is 4.56. The van der Waals surface area contributed by atoms with E-state index in [2.05, 4.69) is 5.32 Å². The van der Waals surface area contributed by atoms with Gasteiger partial charge in [-0.3, -0.25) is 5.43 Å². The molecule has 0 heterocycles. The maximum absolute atomic E-state index is 11.0. The van der Waals surface area contributed by atoms with Crippen LogP contribution in [0.5, 0.6) is 0 Å². The number of amides is 2. The van der Waals surface area contributed by atoms with Crippen LogP contribution in [0.3, 0.4) is 0 Å². The Bertz CT molecular complexity index is 496. The number of hydrogen-bond donors (Lipinski definition) is 3. The molecule has 0 spiro atoms. The molecule has 0 bridgehead atoms. The van der Waals surface area contributed by atoms with Crippen molar-refractivity contribution in [2.75, 3.05) is 5.32 Å². The van der Waals surface area contributed by atoms with Crippen molar-refractivity contribution in [2.45, 2.75) is 0 Å². The van der Waals surface area contributed by atoms with Gasteiger partial charge in [0.1, 0.15) is 0 Å². The van der Waals surface area contributed by atoms with E-state index in [0.717, 1.165) is 16.5 Å². The Labute approximate surface area is 87.0 Å². The first-order valence-electron chi connectivity index (χ1n) is 4.56. The molecule has 2 aromatic carbocycles. The topological polar surface area (TPSA) is 67.1 Å². The Kier molecular flexibility index (Phi) is 2.51. The number of carbonyl (C=O) groups excluding carboxylic acids is 1. The fraction of sp³-hybridized carbons (Fsp3) is 0. The highest BCUT2D eigenvalue weighted by atomic mass is 16.2. The van der Waals surface area contributed by atoms with Gasteiger partial charge in [-0.25, -0.2) is 10.6 Å². The van der Waals surface area contributed by atoms with Crippen molar-refractivity contribution in [3.8, 4) is 0 Å². The summed E-state index contributed by atoms with van der Waals surface area (Å²) in [5, 5.41) is 4.82. The third-order valence-corrected chi connectivity index (χ3v) is 2.14. The first kappa shape index (κ1) is 9.48. The van der Waals surface area contributed by atoms with E-state index < -0.39 is 6.03 Å². The van der Waals surface area contributed by atoms with Gasteiger partial charge >= 0.3 is 6.03 Å². The van der Waals surface area contributed by atoms with Gasteiger partial charge in [0, 0.05) is 5.69 Å². The van der Waals surface area contributed by atoms with Crippen molar-refractivity contribution in [2.24, 2.45) is 5.84 Å². The number of rotatable bonds is 1. The first-order chi connectivity index (χ1) is 7.29. The number of urea groups is 1. The van der Waals surface area contributed by atoms with Crippen LogP contribution in [0.15, 0.2) is 42.5 Å². The number of carbonyl (C=O) groups is 1. The predicted octanol–water partition coefficient (Wildman–Crippen LogP) is 1.83. The van der Waals surface area contributed by atoms with Gasteiger partial charge in [0.05, 0.1) is 0 Å². The van der Waals surface area contributed by atoms with E-state index in [9.17, 15) is 4.79 Å². The van der Waals surface area contributed by atoms with Crippen molar-refractivity contribution in [1.29, 1.82) is 0 Å². The number of fused-ring (bicyclic) bond motifs is 1. The highest BCUT2D eigenvalue weighted by molar-refractivity contribution is 5.93. The van der Waals surface area contributed by atoms with Gasteiger partial charge in [0.25, 0.3) is 0 Å². The van der Waals surface area contributed by atoms with E-state index in [4.69, 9.17) is 5.84 Å². The maximum atomic E-state index is 11.0. The average Bonchev–Trinajstić information content (AvgIpc) is 2.29. The second-order valence-electron chi connectivity index (χ2n) is 3.16. The molecule has 2 rings (SSSR count). The standard InChI is InChI=1S/C11H11N3O/c12-14-11(15)13-10-6-5-8-3-1-2-4-9(8)7-10/h1-7H,12H2,(H2,13,14,15). The van der Waals surface area contributed by atoms with Crippen LogP contribution >= 0.6 is 0 Å². The monoisotopic (exact) mass is 201 g/mol. The van der Waals surface area contributed by atoms with E-state index in [1.807, 2.05) is 47.9 Å². The summed E-state index contributed by atoms with van der Waals surface area (Å²) in [6, 6.07) is 13.2. The molecule has 4 N–H and O–H groups in total. The highest BCUT2D eigenvalue weighted by Crippen LogP contribution is 2.18.